The molecule has 0 heterocycles. The lowest BCUT2D eigenvalue weighted by Crippen LogP contribution is -2.31. The van der Waals surface area contributed by atoms with Crippen LogP contribution in [-0.4, -0.2) is 23.3 Å². The van der Waals surface area contributed by atoms with Crippen LogP contribution in [0.4, 0.5) is 11.4 Å². The third kappa shape index (κ3) is 6.14. The number of anilines is 1. The van der Waals surface area contributed by atoms with E-state index in [1.165, 1.54) is 24.3 Å². The number of non-ortho nitro benzene ring substituents is 1. The van der Waals surface area contributed by atoms with Crippen LogP contribution in [0, 0.1) is 10.1 Å². The maximum atomic E-state index is 12.3. The SMILES string of the molecule is C[C@@H](NC(=O)COc1ccc(NC(=O)c2cccc([N+](=O)[O-])c2)cc1)c1ccccc1. The number of carbonyl (C=O) groups excluding carboxylic acids is 2. The quantitative estimate of drug-likeness (QED) is 0.422. The van der Waals surface area contributed by atoms with Gasteiger partial charge in [-0.1, -0.05) is 36.4 Å². The van der Waals surface area contributed by atoms with Crippen molar-refractivity contribution < 1.29 is 19.2 Å². The summed E-state index contributed by atoms with van der Waals surface area (Å²) < 4.78 is 5.49. The Morgan fingerprint density at radius 1 is 1.00 bits per heavy atom. The van der Waals surface area contributed by atoms with Gasteiger partial charge in [0.25, 0.3) is 17.5 Å². The Labute approximate surface area is 179 Å². The number of nitrogens with one attached hydrogen (secondary N) is 2. The van der Waals surface area contributed by atoms with Gasteiger partial charge in [0.2, 0.25) is 0 Å². The van der Waals surface area contributed by atoms with Gasteiger partial charge in [0.05, 0.1) is 11.0 Å². The molecule has 0 saturated carbocycles. The molecule has 3 rings (SSSR count). The van der Waals surface area contributed by atoms with E-state index in [0.717, 1.165) is 5.56 Å². The first-order chi connectivity index (χ1) is 14.9. The van der Waals surface area contributed by atoms with E-state index in [9.17, 15) is 19.7 Å². The highest BCUT2D eigenvalue weighted by molar-refractivity contribution is 6.04. The van der Waals surface area contributed by atoms with Gasteiger partial charge in [-0.3, -0.25) is 19.7 Å². The van der Waals surface area contributed by atoms with Gasteiger partial charge in [0, 0.05) is 23.4 Å². The van der Waals surface area contributed by atoms with Gasteiger partial charge in [-0.25, -0.2) is 0 Å². The molecule has 1 atom stereocenters. The van der Waals surface area contributed by atoms with E-state index in [0.29, 0.717) is 11.4 Å². The van der Waals surface area contributed by atoms with Crippen molar-refractivity contribution in [1.29, 1.82) is 0 Å². The molecule has 158 valence electrons. The van der Waals surface area contributed by atoms with Crippen molar-refractivity contribution in [3.8, 4) is 5.75 Å². The van der Waals surface area contributed by atoms with Gasteiger partial charge in [0.15, 0.2) is 6.61 Å². The number of hydrogen-bond acceptors (Lipinski definition) is 5. The molecular weight excluding hydrogens is 398 g/mol. The number of amides is 2. The highest BCUT2D eigenvalue weighted by Crippen LogP contribution is 2.18. The van der Waals surface area contributed by atoms with Crippen LogP contribution in [0.5, 0.6) is 5.75 Å². The number of nitro groups is 1. The average Bonchev–Trinajstić information content (AvgIpc) is 2.79. The number of rotatable bonds is 8. The molecule has 0 fully saturated rings. The zero-order chi connectivity index (χ0) is 22.2. The number of benzene rings is 3. The zero-order valence-electron chi connectivity index (χ0n) is 16.8. The van der Waals surface area contributed by atoms with Crippen molar-refractivity contribution in [2.75, 3.05) is 11.9 Å². The Hall–Kier alpha value is -4.20. The minimum absolute atomic E-state index is 0.135. The fraction of sp³-hybridized carbons (Fsp3) is 0.130. The first kappa shape index (κ1) is 21.5. The molecule has 0 spiro atoms. The lowest BCUT2D eigenvalue weighted by molar-refractivity contribution is -0.384. The molecule has 0 unspecified atom stereocenters. The maximum Gasteiger partial charge on any atom is 0.270 e. The largest absolute Gasteiger partial charge is 0.484 e. The summed E-state index contributed by atoms with van der Waals surface area (Å²) in [4.78, 5) is 34.7. The summed E-state index contributed by atoms with van der Waals surface area (Å²) in [5.41, 5.74) is 1.51. The summed E-state index contributed by atoms with van der Waals surface area (Å²) in [5.74, 6) is -0.248. The summed E-state index contributed by atoms with van der Waals surface area (Å²) in [5, 5.41) is 16.4. The molecule has 8 heteroatoms. The van der Waals surface area contributed by atoms with E-state index >= 15 is 0 Å². The van der Waals surface area contributed by atoms with Crippen molar-refractivity contribution in [2.24, 2.45) is 0 Å². The molecule has 3 aromatic rings. The topological polar surface area (TPSA) is 111 Å². The van der Waals surface area contributed by atoms with E-state index in [4.69, 9.17) is 4.74 Å². The van der Waals surface area contributed by atoms with Crippen LogP contribution in [0.15, 0.2) is 78.9 Å². The summed E-state index contributed by atoms with van der Waals surface area (Å²) >= 11 is 0. The Kier molecular flexibility index (Phi) is 6.95. The zero-order valence-corrected chi connectivity index (χ0v) is 16.8. The van der Waals surface area contributed by atoms with Gasteiger partial charge < -0.3 is 15.4 Å². The molecule has 0 aromatic heterocycles. The molecule has 2 amide bonds. The number of ether oxygens (including phenoxy) is 1. The van der Waals surface area contributed by atoms with Gasteiger partial charge >= 0.3 is 0 Å². The molecule has 0 saturated heterocycles. The van der Waals surface area contributed by atoms with E-state index in [1.807, 2.05) is 37.3 Å². The summed E-state index contributed by atoms with van der Waals surface area (Å²) in [7, 11) is 0. The molecule has 31 heavy (non-hydrogen) atoms. The van der Waals surface area contributed by atoms with Crippen LogP contribution in [0.25, 0.3) is 0 Å². The van der Waals surface area contributed by atoms with E-state index in [1.54, 1.807) is 24.3 Å². The lowest BCUT2D eigenvalue weighted by atomic mass is 10.1. The van der Waals surface area contributed by atoms with Crippen LogP contribution in [-0.2, 0) is 4.79 Å². The van der Waals surface area contributed by atoms with E-state index in [2.05, 4.69) is 10.6 Å². The standard InChI is InChI=1S/C23H21N3O5/c1-16(17-6-3-2-4-7-17)24-22(27)15-31-21-12-10-19(11-13-21)25-23(28)18-8-5-9-20(14-18)26(29)30/h2-14,16H,15H2,1H3,(H,24,27)(H,25,28)/t16-/m1/s1. The molecule has 8 nitrogen and oxygen atoms in total. The van der Waals surface area contributed by atoms with Crippen molar-refractivity contribution in [3.63, 3.8) is 0 Å². The molecule has 0 bridgehead atoms. The normalized spacial score (nSPS) is 11.3. The lowest BCUT2D eigenvalue weighted by Gasteiger charge is -2.14. The third-order valence-electron chi connectivity index (χ3n) is 4.48. The van der Waals surface area contributed by atoms with Crippen molar-refractivity contribution in [1.82, 2.24) is 5.32 Å². The Morgan fingerprint density at radius 3 is 2.39 bits per heavy atom. The van der Waals surface area contributed by atoms with E-state index < -0.39 is 10.8 Å². The summed E-state index contributed by atoms with van der Waals surface area (Å²) in [6.07, 6.45) is 0. The van der Waals surface area contributed by atoms with Crippen LogP contribution in [0.2, 0.25) is 0 Å². The second-order valence-corrected chi connectivity index (χ2v) is 6.77. The number of carbonyl (C=O) groups is 2. The minimum Gasteiger partial charge on any atom is -0.484 e. The minimum atomic E-state index is -0.556. The molecule has 3 aromatic carbocycles. The summed E-state index contributed by atoms with van der Waals surface area (Å²) in [6.45, 7) is 1.75. The Balaban J connectivity index is 1.51. The summed E-state index contributed by atoms with van der Waals surface area (Å²) in [6, 6.07) is 21.4. The number of hydrogen-bond donors (Lipinski definition) is 2. The molecule has 2 N–H and O–H groups in total. The van der Waals surface area contributed by atoms with Gasteiger partial charge in [-0.05, 0) is 42.8 Å². The first-order valence-corrected chi connectivity index (χ1v) is 9.55. The Morgan fingerprint density at radius 2 is 1.71 bits per heavy atom. The van der Waals surface area contributed by atoms with Crippen molar-refractivity contribution >= 4 is 23.2 Å². The highest BCUT2D eigenvalue weighted by Gasteiger charge is 2.12. The molecule has 0 aliphatic heterocycles. The molecule has 0 aliphatic carbocycles. The van der Waals surface area contributed by atoms with Gasteiger partial charge in [0.1, 0.15) is 5.75 Å². The predicted octanol–water partition coefficient (Wildman–Crippen LogP) is 4.10. The first-order valence-electron chi connectivity index (χ1n) is 9.55. The number of nitro benzene ring substituents is 1. The fourth-order valence-corrected chi connectivity index (χ4v) is 2.86. The van der Waals surface area contributed by atoms with Crippen LogP contribution in [0.3, 0.4) is 0 Å². The number of nitrogens with zero attached hydrogens (tertiary/aromatic N) is 1. The van der Waals surface area contributed by atoms with Gasteiger partial charge in [-0.2, -0.15) is 0 Å². The molecule has 0 radical (unpaired) electrons. The average molecular weight is 419 g/mol. The maximum absolute atomic E-state index is 12.3. The smallest absolute Gasteiger partial charge is 0.270 e. The second-order valence-electron chi connectivity index (χ2n) is 6.77. The van der Waals surface area contributed by atoms with Crippen molar-refractivity contribution in [2.45, 2.75) is 13.0 Å². The van der Waals surface area contributed by atoms with Crippen LogP contribution < -0.4 is 15.4 Å². The van der Waals surface area contributed by atoms with E-state index in [-0.39, 0.29) is 29.8 Å². The Bertz CT molecular complexity index is 1070. The monoisotopic (exact) mass is 419 g/mol. The van der Waals surface area contributed by atoms with Crippen LogP contribution >= 0.6 is 0 Å². The fourth-order valence-electron chi connectivity index (χ4n) is 2.86. The highest BCUT2D eigenvalue weighted by atomic mass is 16.6. The molecular formula is C23H21N3O5. The predicted molar refractivity (Wildman–Crippen MR) is 116 cm³/mol. The van der Waals surface area contributed by atoms with Crippen LogP contribution in [0.1, 0.15) is 28.9 Å². The third-order valence-corrected chi connectivity index (χ3v) is 4.48. The molecule has 0 aliphatic rings. The van der Waals surface area contributed by atoms with Gasteiger partial charge in [-0.15, -0.1) is 0 Å². The van der Waals surface area contributed by atoms with Crippen molar-refractivity contribution in [3.05, 3.63) is 100 Å². The second kappa shape index (κ2) is 10.0.